The van der Waals surface area contributed by atoms with E-state index in [4.69, 9.17) is 9.47 Å². The highest BCUT2D eigenvalue weighted by Crippen LogP contribution is 2.36. The number of benzene rings is 2. The number of allylic oxidation sites excluding steroid dienone is 1. The van der Waals surface area contributed by atoms with E-state index in [1.165, 1.54) is 7.11 Å². The van der Waals surface area contributed by atoms with Gasteiger partial charge in [0.15, 0.2) is 11.5 Å². The zero-order chi connectivity index (χ0) is 23.3. The van der Waals surface area contributed by atoms with Gasteiger partial charge in [0.2, 0.25) is 5.91 Å². The topological polar surface area (TPSA) is 84.9 Å². The smallest absolute Gasteiger partial charge is 0.294 e. The molecule has 1 N–H and O–H groups in total. The first-order chi connectivity index (χ1) is 15.4. The molecule has 0 bridgehead atoms. The molecule has 1 aliphatic rings. The fourth-order valence-electron chi connectivity index (χ4n) is 3.31. The van der Waals surface area contributed by atoms with Gasteiger partial charge in [-0.25, -0.2) is 0 Å². The Morgan fingerprint density at radius 2 is 1.97 bits per heavy atom. The van der Waals surface area contributed by atoms with E-state index < -0.39 is 17.1 Å². The molecule has 8 heteroatoms. The minimum atomic E-state index is -0.514. The summed E-state index contributed by atoms with van der Waals surface area (Å²) >= 11 is 0.796. The van der Waals surface area contributed by atoms with Gasteiger partial charge in [-0.15, -0.1) is 6.58 Å². The molecule has 2 aromatic carbocycles. The monoisotopic (exact) mass is 452 g/mol. The molecule has 32 heavy (non-hydrogen) atoms. The quantitative estimate of drug-likeness (QED) is 0.472. The molecule has 1 fully saturated rings. The van der Waals surface area contributed by atoms with E-state index in [9.17, 15) is 14.4 Å². The predicted molar refractivity (Wildman–Crippen MR) is 126 cm³/mol. The van der Waals surface area contributed by atoms with Crippen molar-refractivity contribution in [3.05, 3.63) is 70.6 Å². The molecule has 7 nitrogen and oxygen atoms in total. The number of hydrogen-bond donors (Lipinski definition) is 1. The van der Waals surface area contributed by atoms with Crippen LogP contribution in [-0.2, 0) is 16.0 Å². The summed E-state index contributed by atoms with van der Waals surface area (Å²) in [7, 11) is 3.08. The SMILES string of the molecule is C=CCc1cc(/C=C2\SC(=O)N(CC(=O)Nc3cccc(C)c3)C2=O)cc(OC)c1OC. The number of anilines is 1. The van der Waals surface area contributed by atoms with Gasteiger partial charge < -0.3 is 14.8 Å². The van der Waals surface area contributed by atoms with Crippen molar-refractivity contribution in [2.24, 2.45) is 0 Å². The van der Waals surface area contributed by atoms with Crippen LogP contribution in [0.25, 0.3) is 6.08 Å². The number of imide groups is 1. The minimum absolute atomic E-state index is 0.232. The van der Waals surface area contributed by atoms with Crippen molar-refractivity contribution < 1.29 is 23.9 Å². The largest absolute Gasteiger partial charge is 0.493 e. The molecule has 3 amide bonds. The molecular formula is C24H24N2O5S. The van der Waals surface area contributed by atoms with Crippen molar-refractivity contribution in [3.63, 3.8) is 0 Å². The molecule has 3 rings (SSSR count). The van der Waals surface area contributed by atoms with Gasteiger partial charge in [-0.1, -0.05) is 18.2 Å². The van der Waals surface area contributed by atoms with E-state index in [1.54, 1.807) is 31.4 Å². The summed E-state index contributed by atoms with van der Waals surface area (Å²) < 4.78 is 10.8. The summed E-state index contributed by atoms with van der Waals surface area (Å²) in [5.41, 5.74) is 3.11. The molecule has 0 aliphatic carbocycles. The third kappa shape index (κ3) is 5.20. The molecule has 1 saturated heterocycles. The van der Waals surface area contributed by atoms with E-state index in [2.05, 4.69) is 11.9 Å². The highest BCUT2D eigenvalue weighted by Gasteiger charge is 2.36. The summed E-state index contributed by atoms with van der Waals surface area (Å²) in [4.78, 5) is 38.8. The fourth-order valence-corrected chi connectivity index (χ4v) is 4.15. The van der Waals surface area contributed by atoms with Crippen LogP contribution in [0.5, 0.6) is 11.5 Å². The van der Waals surface area contributed by atoms with Crippen LogP contribution >= 0.6 is 11.8 Å². The number of aryl methyl sites for hydroxylation is 1. The first kappa shape index (κ1) is 23.1. The van der Waals surface area contributed by atoms with E-state index in [1.807, 2.05) is 31.2 Å². The number of amides is 3. The Morgan fingerprint density at radius 3 is 2.62 bits per heavy atom. The van der Waals surface area contributed by atoms with E-state index in [0.29, 0.717) is 29.2 Å². The lowest BCUT2D eigenvalue weighted by Crippen LogP contribution is -2.36. The molecule has 1 aliphatic heterocycles. The Morgan fingerprint density at radius 1 is 1.19 bits per heavy atom. The summed E-state index contributed by atoms with van der Waals surface area (Å²) in [5, 5.41) is 2.22. The van der Waals surface area contributed by atoms with E-state index >= 15 is 0 Å². The van der Waals surface area contributed by atoms with Crippen LogP contribution in [0.4, 0.5) is 10.5 Å². The second-order valence-electron chi connectivity index (χ2n) is 7.09. The number of ether oxygens (including phenoxy) is 2. The minimum Gasteiger partial charge on any atom is -0.493 e. The second-order valence-corrected chi connectivity index (χ2v) is 8.09. The average molecular weight is 453 g/mol. The number of hydrogen-bond acceptors (Lipinski definition) is 6. The Kier molecular flexibility index (Phi) is 7.37. The van der Waals surface area contributed by atoms with Crippen molar-refractivity contribution in [2.45, 2.75) is 13.3 Å². The zero-order valence-corrected chi connectivity index (χ0v) is 19.0. The van der Waals surface area contributed by atoms with Crippen LogP contribution in [0.1, 0.15) is 16.7 Å². The lowest BCUT2D eigenvalue weighted by Gasteiger charge is -2.13. The van der Waals surface area contributed by atoms with Crippen molar-refractivity contribution in [2.75, 3.05) is 26.1 Å². The third-order valence-corrected chi connectivity index (χ3v) is 5.62. The maximum absolute atomic E-state index is 12.8. The van der Waals surface area contributed by atoms with Gasteiger partial charge >= 0.3 is 0 Å². The first-order valence-electron chi connectivity index (χ1n) is 9.84. The van der Waals surface area contributed by atoms with Crippen LogP contribution in [-0.4, -0.2) is 42.7 Å². The Bertz CT molecular complexity index is 1110. The third-order valence-electron chi connectivity index (χ3n) is 4.72. The summed E-state index contributed by atoms with van der Waals surface area (Å²) in [5.74, 6) is 0.137. The van der Waals surface area contributed by atoms with Crippen molar-refractivity contribution >= 4 is 40.6 Å². The molecule has 2 aromatic rings. The van der Waals surface area contributed by atoms with Crippen LogP contribution in [0.15, 0.2) is 54.0 Å². The molecule has 0 aromatic heterocycles. The fraction of sp³-hybridized carbons (Fsp3) is 0.208. The van der Waals surface area contributed by atoms with E-state index in [0.717, 1.165) is 27.8 Å². The maximum atomic E-state index is 12.8. The number of nitrogens with zero attached hydrogens (tertiary/aromatic N) is 1. The molecule has 0 unspecified atom stereocenters. The lowest BCUT2D eigenvalue weighted by atomic mass is 10.0. The Labute approximate surface area is 191 Å². The molecule has 1 heterocycles. The number of carbonyl (C=O) groups excluding carboxylic acids is 3. The lowest BCUT2D eigenvalue weighted by molar-refractivity contribution is -0.127. The number of rotatable bonds is 8. The van der Waals surface area contributed by atoms with E-state index in [-0.39, 0.29) is 11.4 Å². The summed E-state index contributed by atoms with van der Waals surface area (Å²) in [6, 6.07) is 10.9. The van der Waals surface area contributed by atoms with Gasteiger partial charge in [-0.2, -0.15) is 0 Å². The highest BCUT2D eigenvalue weighted by molar-refractivity contribution is 8.18. The standard InChI is InChI=1S/C24H24N2O5S/c1-5-7-17-11-16(12-19(30-3)22(17)31-4)13-20-23(28)26(24(29)32-20)14-21(27)25-18-9-6-8-15(2)10-18/h5-6,8-13H,1,7,14H2,2-4H3,(H,25,27)/b20-13-. The van der Waals surface area contributed by atoms with Gasteiger partial charge in [0, 0.05) is 11.3 Å². The van der Waals surface area contributed by atoms with Crippen molar-refractivity contribution in [3.8, 4) is 11.5 Å². The number of carbonyl (C=O) groups is 3. The molecule has 0 spiro atoms. The average Bonchev–Trinajstić information content (AvgIpc) is 3.01. The normalized spacial score (nSPS) is 14.6. The molecular weight excluding hydrogens is 428 g/mol. The summed E-state index contributed by atoms with van der Waals surface area (Å²) in [6.07, 6.45) is 3.89. The Balaban J connectivity index is 1.80. The van der Waals surface area contributed by atoms with Gasteiger partial charge in [-0.3, -0.25) is 19.3 Å². The molecule has 0 radical (unpaired) electrons. The van der Waals surface area contributed by atoms with Crippen LogP contribution in [0.3, 0.4) is 0 Å². The molecule has 0 saturated carbocycles. The van der Waals surface area contributed by atoms with Gasteiger partial charge in [0.25, 0.3) is 11.1 Å². The van der Waals surface area contributed by atoms with Crippen LogP contribution < -0.4 is 14.8 Å². The van der Waals surface area contributed by atoms with Crippen LogP contribution in [0.2, 0.25) is 0 Å². The van der Waals surface area contributed by atoms with Gasteiger partial charge in [0.05, 0.1) is 19.1 Å². The highest BCUT2D eigenvalue weighted by atomic mass is 32.2. The number of nitrogens with one attached hydrogen (secondary N) is 1. The number of thioether (sulfide) groups is 1. The van der Waals surface area contributed by atoms with Crippen LogP contribution in [0, 0.1) is 6.92 Å². The van der Waals surface area contributed by atoms with Gasteiger partial charge in [0.1, 0.15) is 6.54 Å². The number of methoxy groups -OCH3 is 2. The predicted octanol–water partition coefficient (Wildman–Crippen LogP) is 4.42. The Hall–Kier alpha value is -3.52. The van der Waals surface area contributed by atoms with Crippen molar-refractivity contribution in [1.82, 2.24) is 4.90 Å². The first-order valence-corrected chi connectivity index (χ1v) is 10.7. The maximum Gasteiger partial charge on any atom is 0.294 e. The second kappa shape index (κ2) is 10.2. The molecule has 166 valence electrons. The zero-order valence-electron chi connectivity index (χ0n) is 18.1. The summed E-state index contributed by atoms with van der Waals surface area (Å²) in [6.45, 7) is 5.31. The van der Waals surface area contributed by atoms with Crippen molar-refractivity contribution in [1.29, 1.82) is 0 Å². The van der Waals surface area contributed by atoms with Gasteiger partial charge in [-0.05, 0) is 66.6 Å². The molecule has 0 atom stereocenters.